The van der Waals surface area contributed by atoms with Gasteiger partial charge < -0.3 is 24.8 Å². The number of esters is 1. The van der Waals surface area contributed by atoms with Crippen molar-refractivity contribution in [3.8, 4) is 11.5 Å². The molecule has 11 heteroatoms. The van der Waals surface area contributed by atoms with E-state index in [1.165, 1.54) is 37.3 Å². The van der Waals surface area contributed by atoms with Crippen molar-refractivity contribution < 1.29 is 41.8 Å². The van der Waals surface area contributed by atoms with E-state index in [0.717, 1.165) is 12.1 Å². The number of carbonyl (C=O) groups excluding carboxylic acids is 3. The molecule has 0 spiro atoms. The Morgan fingerprint density at radius 1 is 1.17 bits per heavy atom. The van der Waals surface area contributed by atoms with Gasteiger partial charge in [-0.2, -0.15) is 0 Å². The summed E-state index contributed by atoms with van der Waals surface area (Å²) in [4.78, 5) is 35.7. The van der Waals surface area contributed by atoms with Crippen LogP contribution in [0.15, 0.2) is 42.5 Å². The van der Waals surface area contributed by atoms with Gasteiger partial charge in [-0.05, 0) is 49.4 Å². The van der Waals surface area contributed by atoms with Crippen LogP contribution >= 0.6 is 0 Å². The van der Waals surface area contributed by atoms with Crippen LogP contribution in [0.5, 0.6) is 11.5 Å². The second-order valence-corrected chi connectivity index (χ2v) is 6.16. The lowest BCUT2D eigenvalue weighted by atomic mass is 10.1. The van der Waals surface area contributed by atoms with E-state index in [-0.39, 0.29) is 23.8 Å². The zero-order valence-corrected chi connectivity index (χ0v) is 15.4. The lowest BCUT2D eigenvalue weighted by molar-refractivity contribution is -0.274. The van der Waals surface area contributed by atoms with E-state index in [9.17, 15) is 27.6 Å². The molecule has 2 aromatic carbocycles. The second kappa shape index (κ2) is 8.31. The van der Waals surface area contributed by atoms with E-state index in [1.807, 2.05) is 0 Å². The van der Waals surface area contributed by atoms with Crippen LogP contribution in [0.2, 0.25) is 0 Å². The number of ether oxygens (including phenoxy) is 3. The fraction of sp³-hybridized carbons (Fsp3) is 0.211. The largest absolute Gasteiger partial charge is 0.573 e. The number of hydrogen-bond acceptors (Lipinski definition) is 6. The average Bonchev–Trinajstić information content (AvgIpc) is 2.67. The second-order valence-electron chi connectivity index (χ2n) is 6.16. The molecule has 158 valence electrons. The molecule has 0 fully saturated rings. The van der Waals surface area contributed by atoms with E-state index in [0.29, 0.717) is 11.4 Å². The first-order valence-corrected chi connectivity index (χ1v) is 8.55. The Hall–Kier alpha value is -3.76. The molecule has 0 radical (unpaired) electrons. The maximum absolute atomic E-state index is 12.3. The van der Waals surface area contributed by atoms with Crippen molar-refractivity contribution in [2.24, 2.45) is 0 Å². The predicted octanol–water partition coefficient (Wildman–Crippen LogP) is 3.10. The summed E-state index contributed by atoms with van der Waals surface area (Å²) in [5, 5.41) is 5.00. The van der Waals surface area contributed by atoms with Crippen molar-refractivity contribution in [1.82, 2.24) is 0 Å². The molecule has 0 aromatic heterocycles. The molecule has 0 bridgehead atoms. The molecule has 2 N–H and O–H groups in total. The van der Waals surface area contributed by atoms with Crippen LogP contribution in [0.25, 0.3) is 0 Å². The first-order valence-electron chi connectivity index (χ1n) is 8.55. The van der Waals surface area contributed by atoms with Gasteiger partial charge in [-0.3, -0.25) is 9.59 Å². The summed E-state index contributed by atoms with van der Waals surface area (Å²) in [6.45, 7) is 1.15. The van der Waals surface area contributed by atoms with Crippen molar-refractivity contribution in [1.29, 1.82) is 0 Å². The smallest absolute Gasteiger partial charge is 0.482 e. The summed E-state index contributed by atoms with van der Waals surface area (Å²) in [5.41, 5.74) is 0.708. The molecule has 1 heterocycles. The van der Waals surface area contributed by atoms with Crippen LogP contribution in [0.3, 0.4) is 0 Å². The third-order valence-electron chi connectivity index (χ3n) is 3.86. The van der Waals surface area contributed by atoms with Gasteiger partial charge in [-0.15, -0.1) is 13.2 Å². The van der Waals surface area contributed by atoms with E-state index in [4.69, 9.17) is 9.47 Å². The summed E-state index contributed by atoms with van der Waals surface area (Å²) in [7, 11) is 0. The fourth-order valence-electron chi connectivity index (χ4n) is 2.47. The summed E-state index contributed by atoms with van der Waals surface area (Å²) in [6.07, 6.45) is -6.01. The summed E-state index contributed by atoms with van der Waals surface area (Å²) in [5.74, 6) is -1.95. The van der Waals surface area contributed by atoms with Gasteiger partial charge in [0.2, 0.25) is 0 Å². The minimum atomic E-state index is -4.82. The fourth-order valence-corrected chi connectivity index (χ4v) is 2.47. The monoisotopic (exact) mass is 424 g/mol. The standard InChI is InChI=1S/C19H15F3N2O6/c1-10(17(26)23-12-3-5-13(6-4-12)30-19(20,21)22)29-18(27)11-2-7-14-15(8-11)28-9-16(25)24-14/h2-8,10H,9H2,1H3,(H,23,26)(H,24,25). The number of hydrogen-bond donors (Lipinski definition) is 2. The number of alkyl halides is 3. The maximum atomic E-state index is 12.3. The number of benzene rings is 2. The Kier molecular flexibility index (Phi) is 5.81. The molecule has 1 atom stereocenters. The average molecular weight is 424 g/mol. The number of nitrogens with one attached hydrogen (secondary N) is 2. The molecule has 0 aliphatic carbocycles. The van der Waals surface area contributed by atoms with Crippen LogP contribution in [0, 0.1) is 0 Å². The summed E-state index contributed by atoms with van der Waals surface area (Å²) in [6, 6.07) is 8.74. The van der Waals surface area contributed by atoms with Crippen LogP contribution in [0.1, 0.15) is 17.3 Å². The Morgan fingerprint density at radius 2 is 1.87 bits per heavy atom. The van der Waals surface area contributed by atoms with Crippen LogP contribution < -0.4 is 20.1 Å². The molecular formula is C19H15F3N2O6. The zero-order valence-electron chi connectivity index (χ0n) is 15.4. The minimum absolute atomic E-state index is 0.109. The van der Waals surface area contributed by atoms with Crippen molar-refractivity contribution in [3.63, 3.8) is 0 Å². The van der Waals surface area contributed by atoms with Crippen LogP contribution in [-0.4, -0.2) is 36.9 Å². The number of rotatable bonds is 5. The van der Waals surface area contributed by atoms with Gasteiger partial charge in [0.05, 0.1) is 11.3 Å². The molecule has 1 aliphatic heterocycles. The highest BCUT2D eigenvalue weighted by Gasteiger charge is 2.31. The van der Waals surface area contributed by atoms with Crippen LogP contribution in [-0.2, 0) is 14.3 Å². The lowest BCUT2D eigenvalue weighted by Gasteiger charge is -2.19. The highest BCUT2D eigenvalue weighted by atomic mass is 19.4. The highest BCUT2D eigenvalue weighted by molar-refractivity contribution is 5.99. The molecule has 2 aromatic rings. The SMILES string of the molecule is CC(OC(=O)c1ccc2c(c1)OCC(=O)N2)C(=O)Nc1ccc(OC(F)(F)F)cc1. The van der Waals surface area contributed by atoms with Gasteiger partial charge in [-0.25, -0.2) is 4.79 Å². The normalized spacial score (nSPS) is 13.9. The third kappa shape index (κ3) is 5.40. The number of fused-ring (bicyclic) bond motifs is 1. The quantitative estimate of drug-likeness (QED) is 0.715. The van der Waals surface area contributed by atoms with E-state index >= 15 is 0 Å². The minimum Gasteiger partial charge on any atom is -0.482 e. The molecule has 2 amide bonds. The van der Waals surface area contributed by atoms with Gasteiger partial charge in [0, 0.05) is 5.69 Å². The van der Waals surface area contributed by atoms with Crippen molar-refractivity contribution in [2.45, 2.75) is 19.4 Å². The molecule has 1 aliphatic rings. The van der Waals surface area contributed by atoms with E-state index < -0.39 is 30.1 Å². The summed E-state index contributed by atoms with van der Waals surface area (Å²) < 4.78 is 50.6. The Balaban J connectivity index is 1.57. The zero-order chi connectivity index (χ0) is 21.9. The van der Waals surface area contributed by atoms with Crippen molar-refractivity contribution in [2.75, 3.05) is 17.2 Å². The maximum Gasteiger partial charge on any atom is 0.573 e. The molecule has 0 saturated heterocycles. The van der Waals surface area contributed by atoms with Gasteiger partial charge in [-0.1, -0.05) is 0 Å². The third-order valence-corrected chi connectivity index (χ3v) is 3.86. The Labute approximate surface area is 167 Å². The molecule has 0 saturated carbocycles. The first kappa shape index (κ1) is 21.0. The van der Waals surface area contributed by atoms with Gasteiger partial charge in [0.25, 0.3) is 11.8 Å². The Morgan fingerprint density at radius 3 is 2.53 bits per heavy atom. The van der Waals surface area contributed by atoms with E-state index in [2.05, 4.69) is 15.4 Å². The number of carbonyl (C=O) groups is 3. The first-order chi connectivity index (χ1) is 14.1. The van der Waals surface area contributed by atoms with E-state index in [1.54, 1.807) is 0 Å². The van der Waals surface area contributed by atoms with Crippen molar-refractivity contribution in [3.05, 3.63) is 48.0 Å². The van der Waals surface area contributed by atoms with Crippen LogP contribution in [0.4, 0.5) is 24.5 Å². The van der Waals surface area contributed by atoms with Gasteiger partial charge in [0.15, 0.2) is 12.7 Å². The molecule has 3 rings (SSSR count). The highest BCUT2D eigenvalue weighted by Crippen LogP contribution is 2.29. The van der Waals surface area contributed by atoms with Gasteiger partial charge >= 0.3 is 12.3 Å². The van der Waals surface area contributed by atoms with Gasteiger partial charge in [0.1, 0.15) is 11.5 Å². The Bertz CT molecular complexity index is 975. The number of amides is 2. The molecule has 30 heavy (non-hydrogen) atoms. The number of anilines is 2. The topological polar surface area (TPSA) is 103 Å². The van der Waals surface area contributed by atoms with Crippen molar-refractivity contribution >= 4 is 29.2 Å². The number of halogens is 3. The molecule has 1 unspecified atom stereocenters. The summed E-state index contributed by atoms with van der Waals surface area (Å²) >= 11 is 0. The lowest BCUT2D eigenvalue weighted by Crippen LogP contribution is -2.30. The molecular weight excluding hydrogens is 409 g/mol. The predicted molar refractivity (Wildman–Crippen MR) is 97.2 cm³/mol. The molecule has 8 nitrogen and oxygen atoms in total.